The molecule has 0 aliphatic rings. The number of phenols is 1. The lowest BCUT2D eigenvalue weighted by Gasteiger charge is -2.32. The Hall–Kier alpha value is -1.80. The molecule has 0 bridgehead atoms. The highest BCUT2D eigenvalue weighted by Crippen LogP contribution is 2.35. The van der Waals surface area contributed by atoms with Crippen LogP contribution in [0.5, 0.6) is 5.75 Å². The summed E-state index contributed by atoms with van der Waals surface area (Å²) in [5, 5.41) is 10.6. The van der Waals surface area contributed by atoms with E-state index in [0.29, 0.717) is 30.6 Å². The van der Waals surface area contributed by atoms with Crippen molar-refractivity contribution in [2.24, 2.45) is 0 Å². The van der Waals surface area contributed by atoms with E-state index in [2.05, 4.69) is 32.6 Å². The van der Waals surface area contributed by atoms with Gasteiger partial charge in [-0.3, -0.25) is 4.90 Å². The summed E-state index contributed by atoms with van der Waals surface area (Å²) >= 11 is 0. The van der Waals surface area contributed by atoms with Crippen molar-refractivity contribution in [3.05, 3.63) is 65.1 Å². The van der Waals surface area contributed by atoms with Crippen LogP contribution in [0.1, 0.15) is 63.6 Å². The van der Waals surface area contributed by atoms with Crippen molar-refractivity contribution in [3.8, 4) is 5.75 Å². The Balaban J connectivity index is 2.65. The van der Waals surface area contributed by atoms with Crippen molar-refractivity contribution in [1.29, 1.82) is 0 Å². The average Bonchev–Trinajstić information content (AvgIpc) is 2.65. The Morgan fingerprint density at radius 3 is 2.25 bits per heavy atom. The quantitative estimate of drug-likeness (QED) is 0.740. The van der Waals surface area contributed by atoms with Crippen LogP contribution in [0.2, 0.25) is 0 Å². The molecular weight excluding hydrogens is 294 g/mol. The van der Waals surface area contributed by atoms with Gasteiger partial charge in [0, 0.05) is 23.6 Å². The molecule has 0 saturated carbocycles. The van der Waals surface area contributed by atoms with Crippen molar-refractivity contribution in [2.45, 2.75) is 59.0 Å². The summed E-state index contributed by atoms with van der Waals surface area (Å²) in [5.74, 6) is -0.434. The van der Waals surface area contributed by atoms with Gasteiger partial charge in [-0.25, -0.2) is 0 Å². The highest BCUT2D eigenvalue weighted by molar-refractivity contribution is 5.43. The first-order valence-electron chi connectivity index (χ1n) is 11.1. The Labute approximate surface area is 154 Å². The van der Waals surface area contributed by atoms with Crippen LogP contribution < -0.4 is 0 Å². The monoisotopic (exact) mass is 330 g/mol. The molecule has 2 aromatic carbocycles. The van der Waals surface area contributed by atoms with Crippen LogP contribution in [0.3, 0.4) is 0 Å². The predicted molar refractivity (Wildman–Crippen MR) is 103 cm³/mol. The molecule has 0 aliphatic heterocycles. The molecule has 0 aliphatic carbocycles. The summed E-state index contributed by atoms with van der Waals surface area (Å²) in [4.78, 5) is 2.30. The second kappa shape index (κ2) is 8.34. The number of aromatic hydroxyl groups is 1. The van der Waals surface area contributed by atoms with Crippen molar-refractivity contribution < 1.29 is 12.0 Å². The molecule has 2 heteroatoms. The molecule has 24 heavy (non-hydrogen) atoms. The number of rotatable bonds is 7. The molecule has 0 aromatic heterocycles. The lowest BCUT2D eigenvalue weighted by molar-refractivity contribution is 0.170. The van der Waals surface area contributed by atoms with Crippen LogP contribution in [0.15, 0.2) is 48.4 Å². The first kappa shape index (κ1) is 12.5. The van der Waals surface area contributed by atoms with Crippen molar-refractivity contribution in [2.75, 3.05) is 6.54 Å². The molecule has 0 radical (unpaired) electrons. The molecule has 1 N–H and O–H groups in total. The maximum atomic E-state index is 10.6. The smallest absolute Gasteiger partial charge is 0.119 e. The summed E-state index contributed by atoms with van der Waals surface area (Å²) in [6.07, 6.45) is 0.529. The van der Waals surface area contributed by atoms with Crippen LogP contribution >= 0.6 is 0 Å². The van der Waals surface area contributed by atoms with E-state index in [1.54, 1.807) is 12.1 Å². The fraction of sp³-hybridized carbons (Fsp3) is 0.455. The third-order valence-corrected chi connectivity index (χ3v) is 4.43. The Bertz CT molecular complexity index is 845. The van der Waals surface area contributed by atoms with Gasteiger partial charge in [0.25, 0.3) is 0 Å². The van der Waals surface area contributed by atoms with E-state index in [1.165, 1.54) is 0 Å². The molecule has 0 unspecified atom stereocenters. The summed E-state index contributed by atoms with van der Waals surface area (Å²) in [5.41, 5.74) is 1.78. The van der Waals surface area contributed by atoms with E-state index in [4.69, 9.17) is 6.85 Å². The number of hydrogen-bond acceptors (Lipinski definition) is 2. The van der Waals surface area contributed by atoms with Crippen LogP contribution in [0.4, 0.5) is 0 Å². The molecule has 1 atom stereocenters. The normalized spacial score (nSPS) is 15.9. The van der Waals surface area contributed by atoms with Gasteiger partial charge in [0.05, 0.1) is 6.85 Å². The maximum Gasteiger partial charge on any atom is 0.119 e. The molecule has 2 rings (SSSR count). The van der Waals surface area contributed by atoms with Gasteiger partial charge < -0.3 is 5.11 Å². The minimum atomic E-state index is -0.510. The largest absolute Gasteiger partial charge is 0.508 e. The second-order valence-corrected chi connectivity index (χ2v) is 6.87. The van der Waals surface area contributed by atoms with Gasteiger partial charge in [-0.05, 0) is 59.2 Å². The van der Waals surface area contributed by atoms with E-state index >= 15 is 0 Å². The summed E-state index contributed by atoms with van der Waals surface area (Å²) in [6, 6.07) is 4.36. The van der Waals surface area contributed by atoms with Gasteiger partial charge in [0.2, 0.25) is 0 Å². The van der Waals surface area contributed by atoms with E-state index in [-0.39, 0.29) is 35.5 Å². The molecular formula is C22H31NO. The van der Waals surface area contributed by atoms with Gasteiger partial charge in [-0.15, -0.1) is 0 Å². The van der Waals surface area contributed by atoms with E-state index in [0.717, 1.165) is 5.56 Å². The zero-order valence-electron chi connectivity index (χ0n) is 20.3. The zero-order chi connectivity index (χ0) is 22.0. The Morgan fingerprint density at radius 1 is 1.04 bits per heavy atom. The fourth-order valence-electron chi connectivity index (χ4n) is 3.23. The SMILES string of the molecule is [2H]c1c([2H])c([2H])c([C@@H](CCN(C(C)C)C(C)C)c2cc(C)ccc2O)c([2H])c1[2H]. The molecule has 2 nitrogen and oxygen atoms in total. The highest BCUT2D eigenvalue weighted by Gasteiger charge is 2.21. The third-order valence-electron chi connectivity index (χ3n) is 4.43. The van der Waals surface area contributed by atoms with Crippen molar-refractivity contribution >= 4 is 0 Å². The standard InChI is InChI=1S/C22H31NO/c1-16(2)23(17(3)4)14-13-20(19-9-7-6-8-10-19)21-15-18(5)11-12-22(21)24/h6-12,15-17,20,24H,13-14H2,1-5H3/t20-/m1/s1/i6D,7D,8D,9D,10D. The third kappa shape index (κ3) is 4.61. The fourth-order valence-corrected chi connectivity index (χ4v) is 3.23. The molecule has 130 valence electrons. The molecule has 0 fully saturated rings. The first-order chi connectivity index (χ1) is 13.5. The topological polar surface area (TPSA) is 23.5 Å². The minimum absolute atomic E-state index is 0.0769. The second-order valence-electron chi connectivity index (χ2n) is 6.87. The number of hydrogen-bond donors (Lipinski definition) is 1. The van der Waals surface area contributed by atoms with Gasteiger partial charge in [0.15, 0.2) is 0 Å². The molecule has 0 spiro atoms. The Morgan fingerprint density at radius 2 is 1.67 bits per heavy atom. The van der Waals surface area contributed by atoms with Crippen LogP contribution in [-0.2, 0) is 0 Å². The zero-order valence-corrected chi connectivity index (χ0v) is 15.3. The van der Waals surface area contributed by atoms with Gasteiger partial charge in [-0.2, -0.15) is 0 Å². The van der Waals surface area contributed by atoms with Crippen LogP contribution in [0, 0.1) is 6.92 Å². The van der Waals surface area contributed by atoms with E-state index in [9.17, 15) is 5.11 Å². The van der Waals surface area contributed by atoms with Gasteiger partial charge in [-0.1, -0.05) is 47.9 Å². The minimum Gasteiger partial charge on any atom is -0.508 e. The molecule has 0 heterocycles. The summed E-state index contributed by atoms with van der Waals surface area (Å²) in [7, 11) is 0. The first-order valence-corrected chi connectivity index (χ1v) is 8.59. The van der Waals surface area contributed by atoms with Gasteiger partial charge in [0.1, 0.15) is 5.75 Å². The predicted octanol–water partition coefficient (Wildman–Crippen LogP) is 5.34. The van der Waals surface area contributed by atoms with Gasteiger partial charge >= 0.3 is 0 Å². The molecule has 2 aromatic rings. The van der Waals surface area contributed by atoms with E-state index in [1.807, 2.05) is 13.0 Å². The number of nitrogens with zero attached hydrogens (tertiary/aromatic N) is 1. The number of benzene rings is 2. The average molecular weight is 331 g/mol. The highest BCUT2D eigenvalue weighted by atomic mass is 16.3. The van der Waals surface area contributed by atoms with Crippen molar-refractivity contribution in [3.63, 3.8) is 0 Å². The molecule has 0 saturated heterocycles. The molecule has 0 amide bonds. The van der Waals surface area contributed by atoms with E-state index < -0.39 is 12.0 Å². The summed E-state index contributed by atoms with van der Waals surface area (Å²) < 4.78 is 40.9. The van der Waals surface area contributed by atoms with Crippen LogP contribution in [0.25, 0.3) is 0 Å². The lowest BCUT2D eigenvalue weighted by atomic mass is 9.87. The summed E-state index contributed by atoms with van der Waals surface area (Å²) in [6.45, 7) is 11.0. The lowest BCUT2D eigenvalue weighted by Crippen LogP contribution is -2.38. The maximum absolute atomic E-state index is 10.6. The van der Waals surface area contributed by atoms with Crippen LogP contribution in [-0.4, -0.2) is 28.6 Å². The number of phenolic OH excluding ortho intramolecular Hbond substituents is 1. The number of aryl methyl sites for hydroxylation is 1. The van der Waals surface area contributed by atoms with Crippen molar-refractivity contribution in [1.82, 2.24) is 4.90 Å². The Kier molecular flexibility index (Phi) is 4.36.